The summed E-state index contributed by atoms with van der Waals surface area (Å²) in [5.74, 6) is 1.44. The number of benzene rings is 1. The van der Waals surface area contributed by atoms with Crippen LogP contribution < -0.4 is 19.9 Å². The molecule has 0 unspecified atom stereocenters. The summed E-state index contributed by atoms with van der Waals surface area (Å²) in [6.07, 6.45) is 3.53. The SMILES string of the molecule is CCOC(=O)N1CCN(c2nc3ccc(C)cn3c(=O)c2C=C2SC(=S)N(CCc3ccc(OC)c(OC)c3)C2=O)CC1. The summed E-state index contributed by atoms with van der Waals surface area (Å²) < 4.78 is 17.8. The van der Waals surface area contributed by atoms with E-state index in [9.17, 15) is 14.4 Å². The molecule has 2 aromatic heterocycles. The van der Waals surface area contributed by atoms with Gasteiger partial charge in [0.2, 0.25) is 0 Å². The average Bonchev–Trinajstić information content (AvgIpc) is 3.28. The van der Waals surface area contributed by atoms with Crippen molar-refractivity contribution in [3.63, 3.8) is 0 Å². The van der Waals surface area contributed by atoms with Gasteiger partial charge in [0.1, 0.15) is 15.8 Å². The molecule has 2 amide bonds. The Morgan fingerprint density at radius 2 is 1.81 bits per heavy atom. The van der Waals surface area contributed by atoms with Crippen LogP contribution in [0, 0.1) is 6.92 Å². The molecule has 2 saturated heterocycles. The third-order valence-electron chi connectivity index (χ3n) is 7.31. The number of hydrogen-bond donors (Lipinski definition) is 0. The zero-order valence-corrected chi connectivity index (χ0v) is 26.1. The van der Waals surface area contributed by atoms with Crippen LogP contribution in [0.15, 0.2) is 46.2 Å². The highest BCUT2D eigenvalue weighted by Gasteiger charge is 2.33. The zero-order chi connectivity index (χ0) is 30.7. The summed E-state index contributed by atoms with van der Waals surface area (Å²) in [5.41, 5.74) is 2.38. The van der Waals surface area contributed by atoms with Crippen LogP contribution in [0.2, 0.25) is 0 Å². The van der Waals surface area contributed by atoms with E-state index in [1.165, 1.54) is 16.2 Å². The molecule has 1 aromatic carbocycles. The molecule has 226 valence electrons. The number of anilines is 1. The monoisotopic (exact) mass is 623 g/mol. The minimum atomic E-state index is -0.360. The first-order valence-corrected chi connectivity index (χ1v) is 15.1. The minimum absolute atomic E-state index is 0.262. The van der Waals surface area contributed by atoms with Crippen molar-refractivity contribution in [3.8, 4) is 11.5 Å². The minimum Gasteiger partial charge on any atom is -0.493 e. The Morgan fingerprint density at radius 3 is 2.51 bits per heavy atom. The lowest BCUT2D eigenvalue weighted by Crippen LogP contribution is -2.49. The molecule has 43 heavy (non-hydrogen) atoms. The number of methoxy groups -OCH3 is 2. The maximum atomic E-state index is 13.9. The lowest BCUT2D eigenvalue weighted by atomic mass is 10.1. The molecule has 2 fully saturated rings. The number of aryl methyl sites for hydroxylation is 1. The number of nitrogens with zero attached hydrogens (tertiary/aromatic N) is 5. The number of thiocarbonyl (C=S) groups is 1. The molecule has 13 heteroatoms. The number of thioether (sulfide) groups is 1. The number of pyridine rings is 1. The van der Waals surface area contributed by atoms with Crippen LogP contribution in [-0.4, -0.2) is 89.1 Å². The van der Waals surface area contributed by atoms with Crippen molar-refractivity contribution in [1.29, 1.82) is 0 Å². The topological polar surface area (TPSA) is 106 Å². The van der Waals surface area contributed by atoms with Gasteiger partial charge in [-0.3, -0.25) is 18.9 Å². The second-order valence-corrected chi connectivity index (χ2v) is 11.7. The van der Waals surface area contributed by atoms with Crippen LogP contribution >= 0.6 is 24.0 Å². The van der Waals surface area contributed by atoms with Gasteiger partial charge in [0.05, 0.1) is 31.3 Å². The van der Waals surface area contributed by atoms with E-state index in [4.69, 9.17) is 31.4 Å². The summed E-state index contributed by atoms with van der Waals surface area (Å²) in [6, 6.07) is 9.32. The van der Waals surface area contributed by atoms with Crippen molar-refractivity contribution in [3.05, 3.63) is 68.5 Å². The molecule has 0 bridgehead atoms. The third kappa shape index (κ3) is 6.32. The molecule has 4 heterocycles. The number of carbonyl (C=O) groups excluding carboxylic acids is 2. The molecule has 0 spiro atoms. The number of hydrogen-bond acceptors (Lipinski definition) is 10. The summed E-state index contributed by atoms with van der Waals surface area (Å²) in [7, 11) is 3.16. The van der Waals surface area contributed by atoms with Crippen molar-refractivity contribution in [2.24, 2.45) is 0 Å². The average molecular weight is 624 g/mol. The Labute approximate surface area is 259 Å². The van der Waals surface area contributed by atoms with E-state index in [1.54, 1.807) is 49.3 Å². The highest BCUT2D eigenvalue weighted by molar-refractivity contribution is 8.26. The number of amides is 2. The largest absolute Gasteiger partial charge is 0.493 e. The summed E-state index contributed by atoms with van der Waals surface area (Å²) >= 11 is 6.75. The van der Waals surface area contributed by atoms with Gasteiger partial charge in [-0.2, -0.15) is 0 Å². The third-order valence-corrected chi connectivity index (χ3v) is 8.69. The second-order valence-electron chi connectivity index (χ2n) is 10.0. The maximum Gasteiger partial charge on any atom is 0.409 e. The summed E-state index contributed by atoms with van der Waals surface area (Å²) in [6.45, 7) is 6.11. The first-order valence-electron chi connectivity index (χ1n) is 13.9. The first-order chi connectivity index (χ1) is 20.7. The fraction of sp³-hybridized carbons (Fsp3) is 0.367. The lowest BCUT2D eigenvalue weighted by molar-refractivity contribution is -0.122. The van der Waals surface area contributed by atoms with Crippen molar-refractivity contribution < 1.29 is 23.8 Å². The fourth-order valence-electron chi connectivity index (χ4n) is 5.03. The summed E-state index contributed by atoms with van der Waals surface area (Å²) in [5, 5.41) is 0. The van der Waals surface area contributed by atoms with Gasteiger partial charge in [-0.15, -0.1) is 0 Å². The van der Waals surface area contributed by atoms with Gasteiger partial charge in [-0.1, -0.05) is 36.1 Å². The van der Waals surface area contributed by atoms with E-state index in [0.717, 1.165) is 11.1 Å². The molecule has 2 aliphatic rings. The molecular formula is C30H33N5O6S2. The zero-order valence-electron chi connectivity index (χ0n) is 24.5. The van der Waals surface area contributed by atoms with Crippen molar-refractivity contribution in [1.82, 2.24) is 19.2 Å². The number of carbonyl (C=O) groups is 2. The molecule has 3 aromatic rings. The van der Waals surface area contributed by atoms with Crippen LogP contribution in [0.4, 0.5) is 10.6 Å². The molecule has 0 saturated carbocycles. The number of rotatable bonds is 8. The number of fused-ring (bicyclic) bond motifs is 1. The smallest absolute Gasteiger partial charge is 0.409 e. The Bertz CT molecular complexity index is 1660. The van der Waals surface area contributed by atoms with Gasteiger partial charge in [-0.05, 0) is 55.7 Å². The van der Waals surface area contributed by atoms with Crippen molar-refractivity contribution >= 4 is 57.8 Å². The second kappa shape index (κ2) is 13.0. The molecule has 0 N–H and O–H groups in total. The van der Waals surface area contributed by atoms with Crippen LogP contribution in [0.5, 0.6) is 11.5 Å². The van der Waals surface area contributed by atoms with E-state index < -0.39 is 0 Å². The Morgan fingerprint density at radius 1 is 1.07 bits per heavy atom. The normalized spacial score (nSPS) is 16.4. The Balaban J connectivity index is 1.43. The molecule has 0 atom stereocenters. The lowest BCUT2D eigenvalue weighted by Gasteiger charge is -2.35. The predicted octanol–water partition coefficient (Wildman–Crippen LogP) is 3.74. The quantitative estimate of drug-likeness (QED) is 0.272. The molecule has 0 aliphatic carbocycles. The van der Waals surface area contributed by atoms with E-state index in [2.05, 4.69) is 0 Å². The first kappa shape index (κ1) is 30.4. The van der Waals surface area contributed by atoms with Gasteiger partial charge >= 0.3 is 6.09 Å². The number of piperazine rings is 1. The van der Waals surface area contributed by atoms with E-state index in [1.807, 2.05) is 36.1 Å². The molecule has 5 rings (SSSR count). The van der Waals surface area contributed by atoms with Crippen molar-refractivity contribution in [2.45, 2.75) is 20.3 Å². The van der Waals surface area contributed by atoms with E-state index in [-0.39, 0.29) is 17.6 Å². The number of aromatic nitrogens is 2. The van der Waals surface area contributed by atoms with Gasteiger partial charge < -0.3 is 24.0 Å². The molecule has 11 nitrogen and oxygen atoms in total. The van der Waals surface area contributed by atoms with Gasteiger partial charge in [0.25, 0.3) is 11.5 Å². The van der Waals surface area contributed by atoms with Crippen molar-refractivity contribution in [2.75, 3.05) is 58.5 Å². The number of ether oxygens (including phenoxy) is 3. The van der Waals surface area contributed by atoms with Gasteiger partial charge in [0.15, 0.2) is 11.5 Å². The Kier molecular flexibility index (Phi) is 9.21. The standard InChI is InChI=1S/C30H33N5O6S2/c1-5-41-29(38)33-14-12-32(13-15-33)26-21(27(36)35-18-19(2)6-9-25(35)31-26)17-24-28(37)34(30(42)43-24)11-10-20-7-8-22(39-3)23(16-20)40-4/h6-9,16-18H,5,10-15H2,1-4H3. The van der Waals surface area contributed by atoms with Crippen LogP contribution in [-0.2, 0) is 16.0 Å². The predicted molar refractivity (Wildman–Crippen MR) is 170 cm³/mol. The van der Waals surface area contributed by atoms with Crippen LogP contribution in [0.1, 0.15) is 23.6 Å². The van der Waals surface area contributed by atoms with Crippen LogP contribution in [0.3, 0.4) is 0 Å². The fourth-order valence-corrected chi connectivity index (χ4v) is 6.32. The van der Waals surface area contributed by atoms with Gasteiger partial charge in [-0.25, -0.2) is 9.78 Å². The van der Waals surface area contributed by atoms with Gasteiger partial charge in [0, 0.05) is 38.9 Å². The Hall–Kier alpha value is -4.10. The van der Waals surface area contributed by atoms with Crippen LogP contribution in [0.25, 0.3) is 11.7 Å². The summed E-state index contributed by atoms with van der Waals surface area (Å²) in [4.78, 5) is 50.0. The molecular weight excluding hydrogens is 590 g/mol. The highest BCUT2D eigenvalue weighted by Crippen LogP contribution is 2.34. The maximum absolute atomic E-state index is 13.9. The van der Waals surface area contributed by atoms with E-state index >= 15 is 0 Å². The molecule has 2 aliphatic heterocycles. The van der Waals surface area contributed by atoms with E-state index in [0.29, 0.717) is 83.5 Å². The molecule has 0 radical (unpaired) electrons. The highest BCUT2D eigenvalue weighted by atomic mass is 32.2.